The maximum atomic E-state index is 11.6. The highest BCUT2D eigenvalue weighted by molar-refractivity contribution is 7.14. The minimum absolute atomic E-state index is 0.318. The third-order valence-electron chi connectivity index (χ3n) is 2.70. The summed E-state index contributed by atoms with van der Waals surface area (Å²) < 4.78 is 6.33. The molecule has 8 heteroatoms. The second kappa shape index (κ2) is 5.05. The molecule has 0 saturated heterocycles. The Hall–Kier alpha value is -1.63. The fourth-order valence-corrected chi connectivity index (χ4v) is 3.16. The zero-order chi connectivity index (χ0) is 14.3. The maximum absolute atomic E-state index is 11.6. The lowest BCUT2D eigenvalue weighted by atomic mass is 10.3. The molecule has 0 atom stereocenters. The molecule has 5 nitrogen and oxygen atoms in total. The van der Waals surface area contributed by atoms with Gasteiger partial charge in [-0.2, -0.15) is 0 Å². The van der Waals surface area contributed by atoms with E-state index in [4.69, 9.17) is 27.9 Å². The van der Waals surface area contributed by atoms with E-state index >= 15 is 0 Å². The highest BCUT2D eigenvalue weighted by atomic mass is 35.5. The van der Waals surface area contributed by atoms with E-state index in [0.29, 0.717) is 27.1 Å². The van der Waals surface area contributed by atoms with Crippen LogP contribution in [0.5, 0.6) is 0 Å². The first-order valence-corrected chi connectivity index (χ1v) is 7.11. The van der Waals surface area contributed by atoms with Crippen LogP contribution in [0.25, 0.3) is 16.3 Å². The van der Waals surface area contributed by atoms with Gasteiger partial charge in [0.1, 0.15) is 0 Å². The Bertz CT molecular complexity index is 812. The van der Waals surface area contributed by atoms with Crippen LogP contribution in [0.4, 0.5) is 0 Å². The average molecular weight is 328 g/mol. The Morgan fingerprint density at radius 1 is 1.35 bits per heavy atom. The first kappa shape index (κ1) is 13.4. The van der Waals surface area contributed by atoms with Crippen molar-refractivity contribution in [3.63, 3.8) is 0 Å². The van der Waals surface area contributed by atoms with E-state index in [1.165, 1.54) is 24.5 Å². The fraction of sp³-hybridized carbons (Fsp3) is 0.0833. The number of aromatic nitrogens is 3. The van der Waals surface area contributed by atoms with Gasteiger partial charge in [-0.15, -0.1) is 21.5 Å². The fourth-order valence-electron chi connectivity index (χ4n) is 1.79. The van der Waals surface area contributed by atoms with E-state index in [1.54, 1.807) is 16.7 Å². The number of halogens is 2. The summed E-state index contributed by atoms with van der Waals surface area (Å²) >= 11 is 13.7. The van der Waals surface area contributed by atoms with Gasteiger partial charge in [0.05, 0.1) is 27.6 Å². The van der Waals surface area contributed by atoms with Crippen LogP contribution in [0.3, 0.4) is 0 Å². The number of fused-ring (bicyclic) bond motifs is 1. The predicted octanol–water partition coefficient (Wildman–Crippen LogP) is 3.55. The number of carbonyl (C=O) groups excluding carboxylic acids is 1. The zero-order valence-corrected chi connectivity index (χ0v) is 12.5. The van der Waals surface area contributed by atoms with Crippen molar-refractivity contribution in [2.45, 2.75) is 0 Å². The summed E-state index contributed by atoms with van der Waals surface area (Å²) in [5, 5.41) is 10.9. The van der Waals surface area contributed by atoms with Crippen molar-refractivity contribution < 1.29 is 9.53 Å². The number of ether oxygens (including phenoxy) is 1. The number of nitrogens with zero attached hydrogens (tertiary/aromatic N) is 3. The summed E-state index contributed by atoms with van der Waals surface area (Å²) in [4.78, 5) is 12.4. The molecule has 3 aromatic rings. The first-order valence-electron chi connectivity index (χ1n) is 5.47. The molecule has 3 aromatic heterocycles. The molecule has 0 aliphatic carbocycles. The normalized spacial score (nSPS) is 10.9. The number of thiophene rings is 1. The van der Waals surface area contributed by atoms with E-state index < -0.39 is 5.97 Å². The number of rotatable bonds is 2. The number of esters is 1. The minimum atomic E-state index is -0.481. The van der Waals surface area contributed by atoms with Crippen molar-refractivity contribution in [3.05, 3.63) is 39.3 Å². The van der Waals surface area contributed by atoms with E-state index in [0.717, 1.165) is 4.88 Å². The molecule has 3 rings (SSSR count). The van der Waals surface area contributed by atoms with Gasteiger partial charge in [-0.25, -0.2) is 4.79 Å². The number of hydrogen-bond acceptors (Lipinski definition) is 5. The van der Waals surface area contributed by atoms with Crippen molar-refractivity contribution in [1.29, 1.82) is 0 Å². The molecule has 0 fully saturated rings. The Kier molecular flexibility index (Phi) is 3.37. The van der Waals surface area contributed by atoms with Gasteiger partial charge in [-0.1, -0.05) is 23.2 Å². The average Bonchev–Trinajstić information content (AvgIpc) is 3.03. The smallest absolute Gasteiger partial charge is 0.339 e. The summed E-state index contributed by atoms with van der Waals surface area (Å²) in [5.74, 6) is 0.0541. The topological polar surface area (TPSA) is 56.5 Å². The second-order valence-electron chi connectivity index (χ2n) is 3.88. The predicted molar refractivity (Wildman–Crippen MR) is 77.7 cm³/mol. The Morgan fingerprint density at radius 3 is 2.80 bits per heavy atom. The molecule has 0 aliphatic heterocycles. The van der Waals surface area contributed by atoms with Crippen molar-refractivity contribution in [2.24, 2.45) is 0 Å². The summed E-state index contributed by atoms with van der Waals surface area (Å²) in [6, 6.07) is 3.27. The van der Waals surface area contributed by atoms with Crippen LogP contribution in [0.1, 0.15) is 10.4 Å². The minimum Gasteiger partial charge on any atom is -0.465 e. The molecular weight excluding hydrogens is 321 g/mol. The lowest BCUT2D eigenvalue weighted by molar-refractivity contribution is 0.0600. The van der Waals surface area contributed by atoms with Gasteiger partial charge in [0, 0.05) is 6.20 Å². The molecule has 0 spiro atoms. The van der Waals surface area contributed by atoms with Crippen molar-refractivity contribution in [3.8, 4) is 10.7 Å². The van der Waals surface area contributed by atoms with Crippen LogP contribution in [-0.4, -0.2) is 27.7 Å². The summed E-state index contributed by atoms with van der Waals surface area (Å²) in [6.07, 6.45) is 1.58. The van der Waals surface area contributed by atoms with Gasteiger partial charge in [-0.05, 0) is 17.5 Å². The molecule has 0 unspecified atom stereocenters. The third-order valence-corrected chi connectivity index (χ3v) is 4.32. The summed E-state index contributed by atoms with van der Waals surface area (Å²) in [6.45, 7) is 0. The standard InChI is InChI=1S/C12H7Cl2N3O2S/c1-19-12(18)6-4-8(14)10-15-16-11(17(10)5-6)9-7(13)2-3-20-9/h2-5H,1H3. The van der Waals surface area contributed by atoms with Gasteiger partial charge >= 0.3 is 5.97 Å². The van der Waals surface area contributed by atoms with Gasteiger partial charge in [0.25, 0.3) is 0 Å². The third kappa shape index (κ3) is 2.06. The highest BCUT2D eigenvalue weighted by Crippen LogP contribution is 2.33. The zero-order valence-electron chi connectivity index (χ0n) is 10.1. The molecule has 0 aromatic carbocycles. The van der Waals surface area contributed by atoms with Crippen LogP contribution in [0, 0.1) is 0 Å². The van der Waals surface area contributed by atoms with Gasteiger partial charge in [0.15, 0.2) is 11.5 Å². The first-order chi connectivity index (χ1) is 9.61. The quantitative estimate of drug-likeness (QED) is 0.675. The summed E-state index contributed by atoms with van der Waals surface area (Å²) in [7, 11) is 1.31. The molecule has 20 heavy (non-hydrogen) atoms. The van der Waals surface area contributed by atoms with Gasteiger partial charge in [0.2, 0.25) is 0 Å². The molecule has 0 N–H and O–H groups in total. The number of pyridine rings is 1. The van der Waals surface area contributed by atoms with E-state index in [1.807, 2.05) is 5.38 Å². The SMILES string of the molecule is COC(=O)c1cc(Cl)c2nnc(-c3sccc3Cl)n2c1. The van der Waals surface area contributed by atoms with Gasteiger partial charge < -0.3 is 4.74 Å². The highest BCUT2D eigenvalue weighted by Gasteiger charge is 2.17. The van der Waals surface area contributed by atoms with Crippen LogP contribution in [0.15, 0.2) is 23.7 Å². The van der Waals surface area contributed by atoms with Crippen LogP contribution >= 0.6 is 34.5 Å². The van der Waals surface area contributed by atoms with Crippen LogP contribution < -0.4 is 0 Å². The van der Waals surface area contributed by atoms with E-state index in [-0.39, 0.29) is 0 Å². The molecule has 0 bridgehead atoms. The number of carbonyl (C=O) groups is 1. The lowest BCUT2D eigenvalue weighted by Crippen LogP contribution is -2.03. The monoisotopic (exact) mass is 327 g/mol. The molecule has 3 heterocycles. The van der Waals surface area contributed by atoms with Crippen molar-refractivity contribution in [2.75, 3.05) is 7.11 Å². The lowest BCUT2D eigenvalue weighted by Gasteiger charge is -2.03. The summed E-state index contributed by atoms with van der Waals surface area (Å²) in [5.41, 5.74) is 0.775. The maximum Gasteiger partial charge on any atom is 0.339 e. The number of hydrogen-bond donors (Lipinski definition) is 0. The Labute approximate surface area is 127 Å². The molecule has 0 radical (unpaired) electrons. The molecule has 102 valence electrons. The molecular formula is C12H7Cl2N3O2S. The van der Waals surface area contributed by atoms with Gasteiger partial charge in [-0.3, -0.25) is 4.40 Å². The molecule has 0 aliphatic rings. The van der Waals surface area contributed by atoms with Crippen LogP contribution in [-0.2, 0) is 4.74 Å². The van der Waals surface area contributed by atoms with Crippen LogP contribution in [0.2, 0.25) is 10.0 Å². The molecule has 0 amide bonds. The van der Waals surface area contributed by atoms with Crippen molar-refractivity contribution in [1.82, 2.24) is 14.6 Å². The molecule has 0 saturated carbocycles. The van der Waals surface area contributed by atoms with E-state index in [2.05, 4.69) is 10.2 Å². The second-order valence-corrected chi connectivity index (χ2v) is 5.61. The Morgan fingerprint density at radius 2 is 2.15 bits per heavy atom. The Balaban J connectivity index is 2.28. The van der Waals surface area contributed by atoms with Crippen molar-refractivity contribution >= 4 is 46.2 Å². The van der Waals surface area contributed by atoms with E-state index in [9.17, 15) is 4.79 Å². The number of methoxy groups -OCH3 is 1. The largest absolute Gasteiger partial charge is 0.465 e.